The van der Waals surface area contributed by atoms with E-state index in [1.54, 1.807) is 18.2 Å². The summed E-state index contributed by atoms with van der Waals surface area (Å²) >= 11 is 5.74. The lowest BCUT2D eigenvalue weighted by Gasteiger charge is -2.32. The summed E-state index contributed by atoms with van der Waals surface area (Å²) in [5.74, 6) is 0.247. The van der Waals surface area contributed by atoms with E-state index in [1.165, 1.54) is 12.3 Å². The highest BCUT2D eigenvalue weighted by molar-refractivity contribution is 6.30. The van der Waals surface area contributed by atoms with Crippen molar-refractivity contribution in [3.63, 3.8) is 0 Å². The Kier molecular flexibility index (Phi) is 2.68. The maximum atomic E-state index is 14.0. The molecule has 1 aliphatic carbocycles. The molecule has 2 nitrogen and oxygen atoms in total. The number of rotatable bonds is 1. The van der Waals surface area contributed by atoms with Crippen molar-refractivity contribution in [3.8, 4) is 0 Å². The Morgan fingerprint density at radius 3 is 2.89 bits per heavy atom. The first kappa shape index (κ1) is 11.8. The molecule has 1 heterocycles. The van der Waals surface area contributed by atoms with Crippen LogP contribution in [0.5, 0.6) is 0 Å². The SMILES string of the molecule is OC1(c2ccc(Cl)cc2F)CCCc2occc21. The fraction of sp³-hybridized carbons (Fsp3) is 0.286. The smallest absolute Gasteiger partial charge is 0.131 e. The molecular formula is C14H12ClFO2. The summed E-state index contributed by atoms with van der Waals surface area (Å²) in [6, 6.07) is 6.07. The molecule has 1 aromatic heterocycles. The molecule has 0 amide bonds. The van der Waals surface area contributed by atoms with Crippen molar-refractivity contribution in [2.45, 2.75) is 24.9 Å². The summed E-state index contributed by atoms with van der Waals surface area (Å²) < 4.78 is 19.3. The number of benzene rings is 1. The molecule has 3 rings (SSSR count). The average Bonchev–Trinajstić information content (AvgIpc) is 2.78. The molecule has 1 atom stereocenters. The zero-order valence-electron chi connectivity index (χ0n) is 9.62. The standard InChI is InChI=1S/C14H12ClFO2/c15-9-3-4-10(12(16)8-9)14(17)6-1-2-13-11(14)5-7-18-13/h3-5,7-8,17H,1-2,6H2. The molecule has 0 radical (unpaired) electrons. The van der Waals surface area contributed by atoms with Gasteiger partial charge in [0.2, 0.25) is 0 Å². The van der Waals surface area contributed by atoms with Gasteiger partial charge in [0.1, 0.15) is 17.2 Å². The van der Waals surface area contributed by atoms with Gasteiger partial charge in [-0.15, -0.1) is 0 Å². The second kappa shape index (κ2) is 4.11. The van der Waals surface area contributed by atoms with Gasteiger partial charge in [0, 0.05) is 22.6 Å². The Hall–Kier alpha value is -1.32. The van der Waals surface area contributed by atoms with Gasteiger partial charge in [-0.3, -0.25) is 0 Å². The van der Waals surface area contributed by atoms with E-state index >= 15 is 0 Å². The van der Waals surface area contributed by atoms with Gasteiger partial charge in [0.05, 0.1) is 6.26 Å². The van der Waals surface area contributed by atoms with Crippen LogP contribution in [-0.4, -0.2) is 5.11 Å². The van der Waals surface area contributed by atoms with E-state index in [1.807, 2.05) is 0 Å². The number of aliphatic hydroxyl groups is 1. The summed E-state index contributed by atoms with van der Waals surface area (Å²) in [6.45, 7) is 0. The molecule has 2 aromatic rings. The minimum absolute atomic E-state index is 0.259. The molecular weight excluding hydrogens is 255 g/mol. The maximum absolute atomic E-state index is 14.0. The molecule has 94 valence electrons. The number of halogens is 2. The van der Waals surface area contributed by atoms with Crippen LogP contribution < -0.4 is 0 Å². The third kappa shape index (κ3) is 1.66. The first-order valence-corrected chi connectivity index (χ1v) is 6.24. The van der Waals surface area contributed by atoms with Crippen molar-refractivity contribution in [3.05, 3.63) is 58.3 Å². The monoisotopic (exact) mass is 266 g/mol. The van der Waals surface area contributed by atoms with Crippen molar-refractivity contribution in [2.24, 2.45) is 0 Å². The third-order valence-electron chi connectivity index (χ3n) is 3.51. The van der Waals surface area contributed by atoms with Gasteiger partial charge in [-0.25, -0.2) is 4.39 Å². The molecule has 0 bridgehead atoms. The fourth-order valence-electron chi connectivity index (χ4n) is 2.65. The van der Waals surface area contributed by atoms with Crippen LogP contribution in [0.2, 0.25) is 5.02 Å². The number of furan rings is 1. The van der Waals surface area contributed by atoms with E-state index < -0.39 is 11.4 Å². The van der Waals surface area contributed by atoms with Gasteiger partial charge < -0.3 is 9.52 Å². The van der Waals surface area contributed by atoms with E-state index in [0.717, 1.165) is 18.6 Å². The molecule has 1 aliphatic rings. The number of fused-ring (bicyclic) bond motifs is 1. The van der Waals surface area contributed by atoms with Crippen molar-refractivity contribution >= 4 is 11.6 Å². The molecule has 0 saturated heterocycles. The first-order valence-electron chi connectivity index (χ1n) is 5.86. The van der Waals surface area contributed by atoms with Crippen LogP contribution in [0.15, 0.2) is 34.9 Å². The molecule has 0 spiro atoms. The molecule has 18 heavy (non-hydrogen) atoms. The summed E-state index contributed by atoms with van der Waals surface area (Å²) in [4.78, 5) is 0. The van der Waals surface area contributed by atoms with Crippen LogP contribution in [0.25, 0.3) is 0 Å². The Morgan fingerprint density at radius 1 is 1.28 bits per heavy atom. The summed E-state index contributed by atoms with van der Waals surface area (Å²) in [5.41, 5.74) is -0.390. The van der Waals surface area contributed by atoms with E-state index in [-0.39, 0.29) is 5.56 Å². The molecule has 4 heteroatoms. The van der Waals surface area contributed by atoms with Crippen LogP contribution in [0.1, 0.15) is 29.7 Å². The summed E-state index contributed by atoms with van der Waals surface area (Å²) in [6.07, 6.45) is 3.56. The molecule has 0 saturated carbocycles. The highest BCUT2D eigenvalue weighted by Gasteiger charge is 2.39. The van der Waals surface area contributed by atoms with Gasteiger partial charge in [-0.2, -0.15) is 0 Å². The zero-order valence-corrected chi connectivity index (χ0v) is 10.4. The Bertz CT molecular complexity index is 593. The largest absolute Gasteiger partial charge is 0.469 e. The molecule has 1 N–H and O–H groups in total. The lowest BCUT2D eigenvalue weighted by Crippen LogP contribution is -2.32. The Morgan fingerprint density at radius 2 is 2.11 bits per heavy atom. The van der Waals surface area contributed by atoms with Crippen molar-refractivity contribution in [2.75, 3.05) is 0 Å². The van der Waals surface area contributed by atoms with Crippen molar-refractivity contribution in [1.29, 1.82) is 0 Å². The second-order valence-electron chi connectivity index (χ2n) is 4.60. The number of aryl methyl sites for hydroxylation is 1. The number of hydrogen-bond donors (Lipinski definition) is 1. The van der Waals surface area contributed by atoms with E-state index in [4.69, 9.17) is 16.0 Å². The van der Waals surface area contributed by atoms with Crippen molar-refractivity contribution < 1.29 is 13.9 Å². The van der Waals surface area contributed by atoms with Crippen LogP contribution in [0.3, 0.4) is 0 Å². The fourth-order valence-corrected chi connectivity index (χ4v) is 2.81. The lowest BCUT2D eigenvalue weighted by molar-refractivity contribution is 0.0553. The van der Waals surface area contributed by atoms with E-state index in [2.05, 4.69) is 0 Å². The maximum Gasteiger partial charge on any atom is 0.131 e. The van der Waals surface area contributed by atoms with Crippen LogP contribution in [0, 0.1) is 5.82 Å². The normalized spacial score (nSPS) is 22.8. The van der Waals surface area contributed by atoms with Gasteiger partial charge in [-0.1, -0.05) is 17.7 Å². The molecule has 0 fully saturated rings. The molecule has 0 aliphatic heterocycles. The predicted molar refractivity (Wildman–Crippen MR) is 66.1 cm³/mol. The predicted octanol–water partition coefficient (Wildman–Crippen LogP) is 3.64. The minimum Gasteiger partial charge on any atom is -0.469 e. The first-order chi connectivity index (χ1) is 8.61. The Balaban J connectivity index is 2.17. The summed E-state index contributed by atoms with van der Waals surface area (Å²) in [7, 11) is 0. The lowest BCUT2D eigenvalue weighted by atomic mass is 9.78. The average molecular weight is 267 g/mol. The zero-order chi connectivity index (χ0) is 12.8. The van der Waals surface area contributed by atoms with Crippen LogP contribution in [-0.2, 0) is 12.0 Å². The highest BCUT2D eigenvalue weighted by atomic mass is 35.5. The van der Waals surface area contributed by atoms with Gasteiger partial charge in [0.25, 0.3) is 0 Å². The Labute approximate surface area is 109 Å². The van der Waals surface area contributed by atoms with E-state index in [9.17, 15) is 9.50 Å². The molecule has 1 unspecified atom stereocenters. The quantitative estimate of drug-likeness (QED) is 0.855. The van der Waals surface area contributed by atoms with Gasteiger partial charge in [-0.05, 0) is 31.0 Å². The third-order valence-corrected chi connectivity index (χ3v) is 3.75. The summed E-state index contributed by atoms with van der Waals surface area (Å²) in [5, 5.41) is 11.1. The van der Waals surface area contributed by atoms with Crippen LogP contribution in [0.4, 0.5) is 4.39 Å². The molecule has 1 aromatic carbocycles. The highest BCUT2D eigenvalue weighted by Crippen LogP contribution is 2.42. The van der Waals surface area contributed by atoms with E-state index in [0.29, 0.717) is 17.0 Å². The van der Waals surface area contributed by atoms with Gasteiger partial charge in [0.15, 0.2) is 0 Å². The topological polar surface area (TPSA) is 33.4 Å². The van der Waals surface area contributed by atoms with Gasteiger partial charge >= 0.3 is 0 Å². The minimum atomic E-state index is -1.31. The van der Waals surface area contributed by atoms with Crippen LogP contribution >= 0.6 is 11.6 Å². The second-order valence-corrected chi connectivity index (χ2v) is 5.03. The number of hydrogen-bond acceptors (Lipinski definition) is 2. The van der Waals surface area contributed by atoms with Crippen molar-refractivity contribution in [1.82, 2.24) is 0 Å².